The first-order valence-corrected chi connectivity index (χ1v) is 10.5. The predicted octanol–water partition coefficient (Wildman–Crippen LogP) is 1.37. The van der Waals surface area contributed by atoms with Crippen LogP contribution in [0.4, 0.5) is 0 Å². The van der Waals surface area contributed by atoms with E-state index in [-0.39, 0.29) is 12.5 Å². The van der Waals surface area contributed by atoms with Crippen LogP contribution in [0.25, 0.3) is 11.1 Å². The van der Waals surface area contributed by atoms with Gasteiger partial charge in [0.15, 0.2) is 6.10 Å². The van der Waals surface area contributed by atoms with Crippen LogP contribution < -0.4 is 5.32 Å². The van der Waals surface area contributed by atoms with Crippen LogP contribution in [-0.4, -0.2) is 66.1 Å². The maximum atomic E-state index is 11.8. The van der Waals surface area contributed by atoms with Crippen LogP contribution in [0.1, 0.15) is 35.9 Å². The van der Waals surface area contributed by atoms with Gasteiger partial charge in [-0.2, -0.15) is 0 Å². The maximum absolute atomic E-state index is 11.8. The Labute approximate surface area is 191 Å². The molecule has 1 heterocycles. The van der Waals surface area contributed by atoms with E-state index >= 15 is 0 Å². The van der Waals surface area contributed by atoms with Crippen molar-refractivity contribution >= 4 is 17.8 Å². The lowest BCUT2D eigenvalue weighted by molar-refractivity contribution is -0.242. The van der Waals surface area contributed by atoms with E-state index in [1.54, 1.807) is 49.5 Å². The van der Waals surface area contributed by atoms with Gasteiger partial charge in [0.05, 0.1) is 0 Å². The zero-order valence-corrected chi connectivity index (χ0v) is 18.6. The van der Waals surface area contributed by atoms with Gasteiger partial charge in [-0.25, -0.2) is 0 Å². The number of esters is 2. The molecule has 0 unspecified atom stereocenters. The number of carbonyl (C=O) groups is 3. The Hall–Kier alpha value is -3.27. The quantitative estimate of drug-likeness (QED) is 0.555. The monoisotopic (exact) mass is 457 g/mol. The van der Waals surface area contributed by atoms with Crippen LogP contribution in [0.15, 0.2) is 48.5 Å². The number of rotatable bonds is 6. The van der Waals surface area contributed by atoms with Crippen molar-refractivity contribution in [2.45, 2.75) is 44.4 Å². The molecular formula is C24H27NO8. The molecule has 0 aromatic heterocycles. The first-order chi connectivity index (χ1) is 15.7. The molecule has 176 valence electrons. The molecular weight excluding hydrogens is 430 g/mol. The summed E-state index contributed by atoms with van der Waals surface area (Å²) >= 11 is 0. The van der Waals surface area contributed by atoms with E-state index in [0.717, 1.165) is 11.1 Å². The first-order valence-electron chi connectivity index (χ1n) is 10.5. The summed E-state index contributed by atoms with van der Waals surface area (Å²) in [5.41, 5.74) is 2.74. The number of nitrogens with one attached hydrogen (secondary N) is 1. The van der Waals surface area contributed by atoms with Crippen LogP contribution in [0, 0.1) is 0 Å². The Bertz CT molecular complexity index is 1010. The Morgan fingerprint density at radius 2 is 1.67 bits per heavy atom. The molecule has 5 atom stereocenters. The molecule has 0 saturated carbocycles. The molecule has 2 aromatic rings. The molecule has 1 aliphatic heterocycles. The maximum Gasteiger partial charge on any atom is 0.303 e. The van der Waals surface area contributed by atoms with Crippen LogP contribution in [0.5, 0.6) is 0 Å². The third-order valence-electron chi connectivity index (χ3n) is 5.36. The molecule has 1 amide bonds. The molecule has 1 saturated heterocycles. The summed E-state index contributed by atoms with van der Waals surface area (Å²) in [6, 6.07) is 14.2. The lowest BCUT2D eigenvalue weighted by Crippen LogP contribution is -2.57. The second-order valence-electron chi connectivity index (χ2n) is 7.73. The van der Waals surface area contributed by atoms with Gasteiger partial charge >= 0.3 is 11.9 Å². The number of amides is 1. The highest BCUT2D eigenvalue weighted by molar-refractivity contribution is 5.94. The summed E-state index contributed by atoms with van der Waals surface area (Å²) in [5, 5.41) is 24.0. The number of hydrogen-bond donors (Lipinski definition) is 3. The molecule has 0 radical (unpaired) electrons. The highest BCUT2D eigenvalue weighted by Gasteiger charge is 2.47. The number of aliphatic hydroxyl groups is 2. The molecule has 2 aromatic carbocycles. The average molecular weight is 457 g/mol. The van der Waals surface area contributed by atoms with Crippen LogP contribution >= 0.6 is 0 Å². The van der Waals surface area contributed by atoms with Crippen molar-refractivity contribution in [2.24, 2.45) is 0 Å². The molecule has 0 spiro atoms. The van der Waals surface area contributed by atoms with Gasteiger partial charge in [-0.3, -0.25) is 14.4 Å². The lowest BCUT2D eigenvalue weighted by atomic mass is 9.89. The summed E-state index contributed by atoms with van der Waals surface area (Å²) in [6.07, 6.45) is -5.99. The van der Waals surface area contributed by atoms with Crippen molar-refractivity contribution in [3.05, 3.63) is 59.7 Å². The smallest absolute Gasteiger partial charge is 0.303 e. The Kier molecular flexibility index (Phi) is 7.80. The van der Waals surface area contributed by atoms with Gasteiger partial charge in [-0.15, -0.1) is 0 Å². The predicted molar refractivity (Wildman–Crippen MR) is 117 cm³/mol. The molecule has 9 heteroatoms. The Morgan fingerprint density at radius 1 is 0.970 bits per heavy atom. The Balaban J connectivity index is 1.87. The van der Waals surface area contributed by atoms with Crippen molar-refractivity contribution in [2.75, 3.05) is 13.7 Å². The van der Waals surface area contributed by atoms with Gasteiger partial charge in [0, 0.05) is 26.5 Å². The van der Waals surface area contributed by atoms with Crippen LogP contribution in [-0.2, 0) is 23.8 Å². The molecule has 1 aliphatic rings. The summed E-state index contributed by atoms with van der Waals surface area (Å²) in [5.74, 6) is -1.41. The molecule has 9 nitrogen and oxygen atoms in total. The van der Waals surface area contributed by atoms with Crippen molar-refractivity contribution in [1.82, 2.24) is 5.32 Å². The van der Waals surface area contributed by atoms with E-state index in [1.165, 1.54) is 13.8 Å². The van der Waals surface area contributed by atoms with Crippen molar-refractivity contribution in [1.29, 1.82) is 0 Å². The third kappa shape index (κ3) is 5.75. The fourth-order valence-corrected chi connectivity index (χ4v) is 3.74. The zero-order chi connectivity index (χ0) is 24.1. The number of carbonyl (C=O) groups excluding carboxylic acids is 3. The van der Waals surface area contributed by atoms with Gasteiger partial charge < -0.3 is 29.7 Å². The van der Waals surface area contributed by atoms with Gasteiger partial charge in [-0.1, -0.05) is 30.3 Å². The topological polar surface area (TPSA) is 131 Å². The summed E-state index contributed by atoms with van der Waals surface area (Å²) < 4.78 is 16.1. The fraction of sp³-hybridized carbons (Fsp3) is 0.375. The van der Waals surface area contributed by atoms with Crippen molar-refractivity contribution < 1.29 is 38.8 Å². The number of ether oxygens (including phenoxy) is 3. The SMILES string of the molecule is CNC(=O)c1ccc(-c2cccc([C@H]3O[C@H](COC(C)=O)[C@@H](OC(C)=O)[C@H](O)[C@@H]3O)c2)cc1. The number of aliphatic hydroxyl groups excluding tert-OH is 2. The van der Waals surface area contributed by atoms with E-state index in [1.807, 2.05) is 6.07 Å². The lowest BCUT2D eigenvalue weighted by Gasteiger charge is -2.42. The second kappa shape index (κ2) is 10.6. The third-order valence-corrected chi connectivity index (χ3v) is 5.36. The summed E-state index contributed by atoms with van der Waals surface area (Å²) in [6.45, 7) is 2.15. The van der Waals surface area contributed by atoms with Gasteiger partial charge in [0.2, 0.25) is 0 Å². The van der Waals surface area contributed by atoms with Crippen LogP contribution in [0.2, 0.25) is 0 Å². The van der Waals surface area contributed by atoms with Crippen molar-refractivity contribution in [3.63, 3.8) is 0 Å². The van der Waals surface area contributed by atoms with E-state index in [9.17, 15) is 24.6 Å². The standard InChI is InChI=1S/C24H27NO8/c1-13(26)31-12-19-23(32-14(2)27)21(29)20(28)22(33-19)18-6-4-5-17(11-18)15-7-9-16(10-8-15)24(30)25-3/h4-11,19-23,28-29H,12H2,1-3H3,(H,25,30)/t19-,20+,21-,22-,23-/m1/s1. The first kappa shape index (κ1) is 24.4. The van der Waals surface area contributed by atoms with E-state index in [4.69, 9.17) is 14.2 Å². The molecule has 33 heavy (non-hydrogen) atoms. The van der Waals surface area contributed by atoms with Gasteiger partial charge in [-0.05, 0) is 34.9 Å². The minimum absolute atomic E-state index is 0.191. The molecule has 0 bridgehead atoms. The van der Waals surface area contributed by atoms with Gasteiger partial charge in [0.1, 0.15) is 31.0 Å². The largest absolute Gasteiger partial charge is 0.463 e. The van der Waals surface area contributed by atoms with Crippen LogP contribution in [0.3, 0.4) is 0 Å². The number of hydrogen-bond acceptors (Lipinski definition) is 8. The van der Waals surface area contributed by atoms with E-state index in [0.29, 0.717) is 11.1 Å². The minimum atomic E-state index is -1.45. The zero-order valence-electron chi connectivity index (χ0n) is 18.6. The average Bonchev–Trinajstić information content (AvgIpc) is 2.81. The van der Waals surface area contributed by atoms with Crippen molar-refractivity contribution in [3.8, 4) is 11.1 Å². The second-order valence-corrected chi connectivity index (χ2v) is 7.73. The summed E-state index contributed by atoms with van der Waals surface area (Å²) in [7, 11) is 1.56. The normalized spacial score (nSPS) is 24.6. The minimum Gasteiger partial charge on any atom is -0.463 e. The van der Waals surface area contributed by atoms with E-state index < -0.39 is 42.5 Å². The Morgan fingerprint density at radius 3 is 2.27 bits per heavy atom. The molecule has 3 rings (SSSR count). The number of benzene rings is 2. The summed E-state index contributed by atoms with van der Waals surface area (Å²) in [4.78, 5) is 34.5. The fourth-order valence-electron chi connectivity index (χ4n) is 3.74. The highest BCUT2D eigenvalue weighted by Crippen LogP contribution is 2.35. The van der Waals surface area contributed by atoms with Gasteiger partial charge in [0.25, 0.3) is 5.91 Å². The highest BCUT2D eigenvalue weighted by atomic mass is 16.6. The molecule has 0 aliphatic carbocycles. The molecule has 3 N–H and O–H groups in total. The molecule has 1 fully saturated rings. The van der Waals surface area contributed by atoms with E-state index in [2.05, 4.69) is 5.32 Å².